The first-order valence-corrected chi connectivity index (χ1v) is 8.38. The Labute approximate surface area is 121 Å². The van der Waals surface area contributed by atoms with Crippen LogP contribution in [0.1, 0.15) is 53.4 Å². The number of aliphatic hydroxyl groups excluding tert-OH is 1. The molecule has 0 amide bonds. The van der Waals surface area contributed by atoms with E-state index in [0.717, 1.165) is 0 Å². The van der Waals surface area contributed by atoms with Gasteiger partial charge in [0.05, 0.1) is 11.4 Å². The Morgan fingerprint density at radius 3 is 2.10 bits per heavy atom. The summed E-state index contributed by atoms with van der Waals surface area (Å²) in [6, 6.07) is 0. The van der Waals surface area contributed by atoms with Gasteiger partial charge in [-0.25, -0.2) is 0 Å². The van der Waals surface area contributed by atoms with E-state index in [-0.39, 0.29) is 25.2 Å². The molecule has 7 heteroatoms. The van der Waals surface area contributed by atoms with Crippen molar-refractivity contribution in [1.29, 1.82) is 0 Å². The van der Waals surface area contributed by atoms with Gasteiger partial charge < -0.3 is 9.84 Å². The second-order valence-corrected chi connectivity index (χ2v) is 7.23. The lowest BCUT2D eigenvalue weighted by atomic mass is 10.00. The van der Waals surface area contributed by atoms with Crippen LogP contribution in [0.25, 0.3) is 0 Å². The van der Waals surface area contributed by atoms with E-state index in [1.54, 1.807) is 6.92 Å². The van der Waals surface area contributed by atoms with E-state index in [1.807, 2.05) is 13.8 Å². The van der Waals surface area contributed by atoms with Gasteiger partial charge in [-0.15, -0.1) is 0 Å². The highest BCUT2D eigenvalue weighted by molar-refractivity contribution is 7.86. The summed E-state index contributed by atoms with van der Waals surface area (Å²) in [5.41, 5.74) is 0. The smallest absolute Gasteiger partial charge is 0.302 e. The highest BCUT2D eigenvalue weighted by atomic mass is 32.2. The Kier molecular flexibility index (Phi) is 8.30. The molecule has 120 valence electrons. The van der Waals surface area contributed by atoms with Crippen LogP contribution in [0, 0.1) is 5.92 Å². The lowest BCUT2D eigenvalue weighted by molar-refractivity contribution is -0.148. The van der Waals surface area contributed by atoms with Crippen LogP contribution in [-0.2, 0) is 19.6 Å². The van der Waals surface area contributed by atoms with Crippen LogP contribution in [0.4, 0.5) is 0 Å². The molecule has 2 N–H and O–H groups in total. The number of rotatable bonds is 9. The average Bonchev–Trinajstić information content (AvgIpc) is 2.25. The van der Waals surface area contributed by atoms with Crippen LogP contribution in [0.2, 0.25) is 0 Å². The zero-order valence-corrected chi connectivity index (χ0v) is 13.4. The standard InChI is InChI=1S/C13H26O6S/c1-5-11(15)7-12(19-10(4)14)8-13(6-9(2)3)20(16,17)18/h9,11-13,15H,5-8H2,1-4H3,(H,16,17,18). The summed E-state index contributed by atoms with van der Waals surface area (Å²) in [5.74, 6) is -0.451. The zero-order valence-electron chi connectivity index (χ0n) is 12.6. The summed E-state index contributed by atoms with van der Waals surface area (Å²) in [5, 5.41) is 8.65. The fourth-order valence-corrected chi connectivity index (χ4v) is 3.14. The zero-order chi connectivity index (χ0) is 15.9. The largest absolute Gasteiger partial charge is 0.462 e. The van der Waals surface area contributed by atoms with Gasteiger partial charge >= 0.3 is 5.97 Å². The van der Waals surface area contributed by atoms with Gasteiger partial charge in [-0.3, -0.25) is 9.35 Å². The molecule has 0 heterocycles. The fraction of sp³-hybridized carbons (Fsp3) is 0.923. The fourth-order valence-electron chi connectivity index (χ4n) is 2.06. The molecule has 0 radical (unpaired) electrons. The number of carbonyl (C=O) groups excluding carboxylic acids is 1. The van der Waals surface area contributed by atoms with Gasteiger partial charge in [0.25, 0.3) is 10.1 Å². The van der Waals surface area contributed by atoms with Crippen molar-refractivity contribution in [2.45, 2.75) is 70.8 Å². The molecule has 0 spiro atoms. The first-order valence-electron chi connectivity index (χ1n) is 6.87. The Morgan fingerprint density at radius 2 is 1.75 bits per heavy atom. The second-order valence-electron chi connectivity index (χ2n) is 5.53. The Balaban J connectivity index is 4.91. The van der Waals surface area contributed by atoms with Gasteiger partial charge in [0.1, 0.15) is 6.10 Å². The van der Waals surface area contributed by atoms with Crippen LogP contribution in [0.3, 0.4) is 0 Å². The summed E-state index contributed by atoms with van der Waals surface area (Å²) >= 11 is 0. The van der Waals surface area contributed by atoms with E-state index in [0.29, 0.717) is 6.42 Å². The lowest BCUT2D eigenvalue weighted by Crippen LogP contribution is -2.32. The predicted octanol–water partition coefficient (Wildman–Crippen LogP) is 1.77. The maximum atomic E-state index is 11.4. The number of hydrogen-bond acceptors (Lipinski definition) is 5. The van der Waals surface area contributed by atoms with Gasteiger partial charge in [0.15, 0.2) is 0 Å². The average molecular weight is 310 g/mol. The van der Waals surface area contributed by atoms with Crippen LogP contribution in [-0.4, -0.2) is 41.5 Å². The molecule has 3 unspecified atom stereocenters. The first-order chi connectivity index (χ1) is 9.06. The Morgan fingerprint density at radius 1 is 1.20 bits per heavy atom. The predicted molar refractivity (Wildman–Crippen MR) is 75.9 cm³/mol. The third kappa shape index (κ3) is 8.50. The van der Waals surface area contributed by atoms with Crippen molar-refractivity contribution >= 4 is 16.1 Å². The van der Waals surface area contributed by atoms with Gasteiger partial charge in [-0.1, -0.05) is 20.8 Å². The molecule has 0 aromatic heterocycles. The monoisotopic (exact) mass is 310 g/mol. The summed E-state index contributed by atoms with van der Waals surface area (Å²) < 4.78 is 37.1. The Hall–Kier alpha value is -0.660. The Bertz CT molecular complexity index is 390. The highest BCUT2D eigenvalue weighted by Crippen LogP contribution is 2.21. The highest BCUT2D eigenvalue weighted by Gasteiger charge is 2.29. The lowest BCUT2D eigenvalue weighted by Gasteiger charge is -2.24. The van der Waals surface area contributed by atoms with Gasteiger partial charge in [-0.05, 0) is 18.8 Å². The molecule has 0 aliphatic rings. The number of hydrogen-bond donors (Lipinski definition) is 2. The third-order valence-electron chi connectivity index (χ3n) is 3.02. The molecule has 0 aliphatic heterocycles. The number of esters is 1. The van der Waals surface area contributed by atoms with Crippen molar-refractivity contribution in [1.82, 2.24) is 0 Å². The number of aliphatic hydroxyl groups is 1. The summed E-state index contributed by atoms with van der Waals surface area (Å²) in [6.45, 7) is 6.71. The van der Waals surface area contributed by atoms with Gasteiger partial charge in [0.2, 0.25) is 0 Å². The number of ether oxygens (including phenoxy) is 1. The molecule has 20 heavy (non-hydrogen) atoms. The van der Waals surface area contributed by atoms with E-state index in [1.165, 1.54) is 6.92 Å². The molecule has 0 saturated carbocycles. The van der Waals surface area contributed by atoms with Crippen molar-refractivity contribution in [3.8, 4) is 0 Å². The van der Waals surface area contributed by atoms with Crippen LogP contribution < -0.4 is 0 Å². The van der Waals surface area contributed by atoms with Crippen LogP contribution in [0.5, 0.6) is 0 Å². The van der Waals surface area contributed by atoms with Gasteiger partial charge in [0, 0.05) is 19.8 Å². The molecule has 0 rings (SSSR count). The van der Waals surface area contributed by atoms with E-state index in [9.17, 15) is 22.9 Å². The molecule has 6 nitrogen and oxygen atoms in total. The topological polar surface area (TPSA) is 101 Å². The van der Waals surface area contributed by atoms with E-state index in [2.05, 4.69) is 0 Å². The summed E-state index contributed by atoms with van der Waals surface area (Å²) in [7, 11) is -4.21. The van der Waals surface area contributed by atoms with Crippen molar-refractivity contribution in [2.24, 2.45) is 5.92 Å². The van der Waals surface area contributed by atoms with Crippen LogP contribution in [0.15, 0.2) is 0 Å². The molecule has 0 bridgehead atoms. The maximum absolute atomic E-state index is 11.4. The normalized spacial score (nSPS) is 16.8. The second kappa shape index (κ2) is 8.59. The third-order valence-corrected chi connectivity index (χ3v) is 4.25. The van der Waals surface area contributed by atoms with Crippen molar-refractivity contribution in [3.05, 3.63) is 0 Å². The summed E-state index contributed by atoms with van der Waals surface area (Å²) in [4.78, 5) is 11.1. The minimum atomic E-state index is -4.21. The molecule has 3 atom stereocenters. The maximum Gasteiger partial charge on any atom is 0.302 e. The molecular weight excluding hydrogens is 284 g/mol. The quantitative estimate of drug-likeness (QED) is 0.497. The molecule has 0 aliphatic carbocycles. The van der Waals surface area contributed by atoms with Crippen molar-refractivity contribution < 1.29 is 27.6 Å². The SMILES string of the molecule is CCC(O)CC(CC(CC(C)C)S(=O)(=O)O)OC(C)=O. The van der Waals surface area contributed by atoms with Crippen LogP contribution >= 0.6 is 0 Å². The van der Waals surface area contributed by atoms with E-state index < -0.39 is 33.5 Å². The van der Waals surface area contributed by atoms with Gasteiger partial charge in [-0.2, -0.15) is 8.42 Å². The molecule has 0 aromatic carbocycles. The van der Waals surface area contributed by atoms with E-state index in [4.69, 9.17) is 4.74 Å². The van der Waals surface area contributed by atoms with E-state index >= 15 is 0 Å². The number of carbonyl (C=O) groups is 1. The molecule has 0 saturated heterocycles. The first kappa shape index (κ1) is 19.3. The minimum Gasteiger partial charge on any atom is -0.462 e. The molecule has 0 aromatic rings. The van der Waals surface area contributed by atoms with Crippen molar-refractivity contribution in [3.63, 3.8) is 0 Å². The minimum absolute atomic E-state index is 0.00630. The molecule has 0 fully saturated rings. The summed E-state index contributed by atoms with van der Waals surface area (Å²) in [6.07, 6.45) is -0.459. The molecular formula is C13H26O6S. The van der Waals surface area contributed by atoms with Crippen molar-refractivity contribution in [2.75, 3.05) is 0 Å².